The summed E-state index contributed by atoms with van der Waals surface area (Å²) < 4.78 is 13.4. The lowest BCUT2D eigenvalue weighted by Crippen LogP contribution is -2.33. The van der Waals surface area contributed by atoms with Crippen molar-refractivity contribution in [1.82, 2.24) is 9.80 Å². The van der Waals surface area contributed by atoms with E-state index in [1.54, 1.807) is 6.92 Å². The van der Waals surface area contributed by atoms with Crippen LogP contribution in [-0.2, 0) is 13.1 Å². The second-order valence-electron chi connectivity index (χ2n) is 6.69. The fourth-order valence-corrected chi connectivity index (χ4v) is 3.31. The molecule has 2 aromatic carbocycles. The fraction of sp³-hybridized carbons (Fsp3) is 0.400. The molecule has 128 valence electrons. The molecule has 1 heterocycles. The maximum atomic E-state index is 13.4. The van der Waals surface area contributed by atoms with Crippen molar-refractivity contribution in [2.24, 2.45) is 0 Å². The van der Waals surface area contributed by atoms with Crippen LogP contribution in [0.25, 0.3) is 0 Å². The summed E-state index contributed by atoms with van der Waals surface area (Å²) in [7, 11) is 0. The highest BCUT2D eigenvalue weighted by molar-refractivity contribution is 5.24. The molecule has 3 rings (SSSR count). The molecular weight excluding hydrogens is 303 g/mol. The number of nitrogens with zero attached hydrogens (tertiary/aromatic N) is 2. The van der Waals surface area contributed by atoms with Gasteiger partial charge in [0.1, 0.15) is 5.82 Å². The van der Waals surface area contributed by atoms with Gasteiger partial charge in [-0.3, -0.25) is 9.80 Å². The minimum atomic E-state index is -0.363. The Bertz CT molecular complexity index is 662. The van der Waals surface area contributed by atoms with Crippen LogP contribution in [0.4, 0.5) is 4.39 Å². The Balaban J connectivity index is 1.60. The first kappa shape index (κ1) is 17.1. The van der Waals surface area contributed by atoms with Crippen molar-refractivity contribution in [3.05, 3.63) is 71.0 Å². The molecule has 1 atom stereocenters. The van der Waals surface area contributed by atoms with Crippen molar-refractivity contribution in [2.45, 2.75) is 26.1 Å². The highest BCUT2D eigenvalue weighted by Gasteiger charge is 2.21. The Morgan fingerprint density at radius 1 is 0.958 bits per heavy atom. The van der Waals surface area contributed by atoms with Crippen molar-refractivity contribution in [3.8, 4) is 0 Å². The Hall–Kier alpha value is -1.75. The molecule has 0 aromatic heterocycles. The van der Waals surface area contributed by atoms with Crippen molar-refractivity contribution < 1.29 is 9.50 Å². The highest BCUT2D eigenvalue weighted by Crippen LogP contribution is 2.14. The van der Waals surface area contributed by atoms with Gasteiger partial charge in [0.2, 0.25) is 0 Å². The van der Waals surface area contributed by atoms with Gasteiger partial charge in [-0.15, -0.1) is 0 Å². The van der Waals surface area contributed by atoms with Gasteiger partial charge in [-0.2, -0.15) is 0 Å². The topological polar surface area (TPSA) is 26.7 Å². The lowest BCUT2D eigenvalue weighted by Gasteiger charge is -2.22. The van der Waals surface area contributed by atoms with Gasteiger partial charge < -0.3 is 5.11 Å². The molecule has 0 bridgehead atoms. The SMILES string of the molecule is Cc1cc(CN2CCN(Cc3ccccc3)C[C@@H](O)C2)ccc1F. The molecule has 0 radical (unpaired) electrons. The molecule has 1 N–H and O–H groups in total. The zero-order valence-corrected chi connectivity index (χ0v) is 14.2. The predicted molar refractivity (Wildman–Crippen MR) is 94.1 cm³/mol. The van der Waals surface area contributed by atoms with Crippen LogP contribution in [0.2, 0.25) is 0 Å². The van der Waals surface area contributed by atoms with E-state index in [1.807, 2.05) is 30.3 Å². The summed E-state index contributed by atoms with van der Waals surface area (Å²) in [6, 6.07) is 15.6. The average Bonchev–Trinajstić information content (AvgIpc) is 2.73. The van der Waals surface area contributed by atoms with Crippen LogP contribution in [0.1, 0.15) is 16.7 Å². The van der Waals surface area contributed by atoms with Crippen LogP contribution in [0.15, 0.2) is 48.5 Å². The Morgan fingerprint density at radius 2 is 1.58 bits per heavy atom. The molecule has 4 heteroatoms. The Kier molecular flexibility index (Phi) is 5.61. The maximum absolute atomic E-state index is 13.4. The quantitative estimate of drug-likeness (QED) is 0.935. The summed E-state index contributed by atoms with van der Waals surface area (Å²) in [6.07, 6.45) is -0.363. The molecule has 1 saturated heterocycles. The number of aliphatic hydroxyl groups is 1. The number of benzene rings is 2. The first-order valence-corrected chi connectivity index (χ1v) is 8.52. The van der Waals surface area contributed by atoms with E-state index in [0.29, 0.717) is 18.7 Å². The molecule has 24 heavy (non-hydrogen) atoms. The van der Waals surface area contributed by atoms with Crippen molar-refractivity contribution in [2.75, 3.05) is 26.2 Å². The van der Waals surface area contributed by atoms with E-state index in [9.17, 15) is 9.50 Å². The van der Waals surface area contributed by atoms with E-state index in [2.05, 4.69) is 21.9 Å². The minimum Gasteiger partial charge on any atom is -0.390 e. The molecule has 3 nitrogen and oxygen atoms in total. The van der Waals surface area contributed by atoms with Gasteiger partial charge in [0.25, 0.3) is 0 Å². The standard InChI is InChI=1S/C20H25FN2O/c1-16-11-18(7-8-20(16)21)13-23-10-9-22(14-19(24)15-23)12-17-5-3-2-4-6-17/h2-8,11,19,24H,9-10,12-15H2,1H3/t19-/m1/s1. The number of aryl methyl sites for hydroxylation is 1. The Morgan fingerprint density at radius 3 is 2.21 bits per heavy atom. The monoisotopic (exact) mass is 328 g/mol. The van der Waals surface area contributed by atoms with Crippen molar-refractivity contribution in [1.29, 1.82) is 0 Å². The molecule has 1 fully saturated rings. The van der Waals surface area contributed by atoms with Gasteiger partial charge in [-0.05, 0) is 29.7 Å². The lowest BCUT2D eigenvalue weighted by molar-refractivity contribution is 0.106. The number of halogens is 1. The summed E-state index contributed by atoms with van der Waals surface area (Å²) in [5, 5.41) is 10.3. The average molecular weight is 328 g/mol. The summed E-state index contributed by atoms with van der Waals surface area (Å²) >= 11 is 0. The van der Waals surface area contributed by atoms with E-state index < -0.39 is 0 Å². The summed E-state index contributed by atoms with van der Waals surface area (Å²) in [5.74, 6) is -0.163. The van der Waals surface area contributed by atoms with Crippen LogP contribution in [0.5, 0.6) is 0 Å². The first-order chi connectivity index (χ1) is 11.6. The van der Waals surface area contributed by atoms with Gasteiger partial charge in [0, 0.05) is 39.3 Å². The molecule has 1 aliphatic rings. The summed E-state index contributed by atoms with van der Waals surface area (Å²) in [4.78, 5) is 4.55. The zero-order valence-electron chi connectivity index (χ0n) is 14.2. The second-order valence-corrected chi connectivity index (χ2v) is 6.69. The number of hydrogen-bond donors (Lipinski definition) is 1. The minimum absolute atomic E-state index is 0.163. The van der Waals surface area contributed by atoms with Crippen LogP contribution in [-0.4, -0.2) is 47.2 Å². The highest BCUT2D eigenvalue weighted by atomic mass is 19.1. The van der Waals surface area contributed by atoms with E-state index in [0.717, 1.165) is 31.7 Å². The maximum Gasteiger partial charge on any atom is 0.126 e. The smallest absolute Gasteiger partial charge is 0.126 e. The summed E-state index contributed by atoms with van der Waals surface area (Å²) in [6.45, 7) is 6.57. The van der Waals surface area contributed by atoms with Gasteiger partial charge >= 0.3 is 0 Å². The van der Waals surface area contributed by atoms with Gasteiger partial charge in [0.05, 0.1) is 6.10 Å². The first-order valence-electron chi connectivity index (χ1n) is 8.52. The molecule has 2 aromatic rings. The van der Waals surface area contributed by atoms with Crippen molar-refractivity contribution in [3.63, 3.8) is 0 Å². The van der Waals surface area contributed by atoms with E-state index in [-0.39, 0.29) is 11.9 Å². The van der Waals surface area contributed by atoms with Crippen LogP contribution < -0.4 is 0 Å². The molecule has 0 aliphatic carbocycles. The van der Waals surface area contributed by atoms with E-state index in [1.165, 1.54) is 11.6 Å². The predicted octanol–water partition coefficient (Wildman–Crippen LogP) is 2.81. The summed E-state index contributed by atoms with van der Waals surface area (Å²) in [5.41, 5.74) is 3.04. The second kappa shape index (κ2) is 7.88. The Labute approximate surface area is 143 Å². The fourth-order valence-electron chi connectivity index (χ4n) is 3.31. The number of hydrogen-bond acceptors (Lipinski definition) is 3. The zero-order chi connectivity index (χ0) is 16.9. The third-order valence-electron chi connectivity index (χ3n) is 4.55. The van der Waals surface area contributed by atoms with E-state index >= 15 is 0 Å². The molecule has 0 amide bonds. The third-order valence-corrected chi connectivity index (χ3v) is 4.55. The number of β-amino-alcohol motifs (C(OH)–C–C–N with tert-alkyl or cyclic N) is 1. The third kappa shape index (κ3) is 4.63. The van der Waals surface area contributed by atoms with Gasteiger partial charge in [-0.25, -0.2) is 4.39 Å². The molecule has 0 unspecified atom stereocenters. The molecular formula is C20H25FN2O. The van der Waals surface area contributed by atoms with Crippen molar-refractivity contribution >= 4 is 0 Å². The normalized spacial score (nSPS) is 20.0. The largest absolute Gasteiger partial charge is 0.390 e. The molecule has 0 spiro atoms. The molecule has 0 saturated carbocycles. The number of aliphatic hydroxyl groups excluding tert-OH is 1. The van der Waals surface area contributed by atoms with Gasteiger partial charge in [-0.1, -0.05) is 42.5 Å². The van der Waals surface area contributed by atoms with E-state index in [4.69, 9.17) is 0 Å². The van der Waals surface area contributed by atoms with Gasteiger partial charge in [0.15, 0.2) is 0 Å². The van der Waals surface area contributed by atoms with Crippen LogP contribution in [0, 0.1) is 12.7 Å². The van der Waals surface area contributed by atoms with Crippen LogP contribution >= 0.6 is 0 Å². The molecule has 1 aliphatic heterocycles. The van der Waals surface area contributed by atoms with Crippen LogP contribution in [0.3, 0.4) is 0 Å². The number of rotatable bonds is 4. The lowest BCUT2D eigenvalue weighted by atomic mass is 10.1.